The summed E-state index contributed by atoms with van der Waals surface area (Å²) in [6.45, 7) is 6.63. The topological polar surface area (TPSA) is 41.4 Å². The zero-order valence-corrected chi connectivity index (χ0v) is 12.5. The standard InChI is InChI=1S/C15H21ClN4/c1-17-5-2-12-8-14(12)11-3-6-20(7-4-11)15-18-9-13(16)10-19-15/h9-12,14H,1-8H2. The Kier molecular flexibility index (Phi) is 4.20. The summed E-state index contributed by atoms with van der Waals surface area (Å²) < 4.78 is 0. The van der Waals surface area contributed by atoms with E-state index >= 15 is 0 Å². The lowest BCUT2D eigenvalue weighted by Crippen LogP contribution is -2.35. The van der Waals surface area contributed by atoms with Crippen LogP contribution in [0.3, 0.4) is 0 Å². The average Bonchev–Trinajstić information content (AvgIpc) is 3.26. The van der Waals surface area contributed by atoms with Crippen LogP contribution in [-0.4, -0.2) is 36.3 Å². The molecule has 1 aromatic heterocycles. The normalized spacial score (nSPS) is 26.6. The minimum absolute atomic E-state index is 0.597. The highest BCUT2D eigenvalue weighted by Crippen LogP contribution is 2.49. The third-order valence-electron chi connectivity index (χ3n) is 4.67. The Labute approximate surface area is 125 Å². The van der Waals surface area contributed by atoms with Gasteiger partial charge in [0.15, 0.2) is 0 Å². The van der Waals surface area contributed by atoms with Crippen molar-refractivity contribution in [3.8, 4) is 0 Å². The summed E-state index contributed by atoms with van der Waals surface area (Å²) in [5.41, 5.74) is 0. The monoisotopic (exact) mass is 292 g/mol. The van der Waals surface area contributed by atoms with Gasteiger partial charge in [-0.3, -0.25) is 0 Å². The minimum atomic E-state index is 0.597. The molecule has 2 aliphatic rings. The maximum Gasteiger partial charge on any atom is 0.225 e. The lowest BCUT2D eigenvalue weighted by Gasteiger charge is -2.32. The first-order valence-electron chi connectivity index (χ1n) is 7.43. The van der Waals surface area contributed by atoms with Crippen LogP contribution in [0.4, 0.5) is 5.95 Å². The van der Waals surface area contributed by atoms with Crippen molar-refractivity contribution >= 4 is 24.3 Å². The van der Waals surface area contributed by atoms with Crippen molar-refractivity contribution in [2.24, 2.45) is 22.7 Å². The van der Waals surface area contributed by atoms with Crippen LogP contribution in [-0.2, 0) is 0 Å². The Balaban J connectivity index is 1.48. The molecule has 2 unspecified atom stereocenters. The molecule has 0 aromatic carbocycles. The zero-order valence-electron chi connectivity index (χ0n) is 11.7. The van der Waals surface area contributed by atoms with Crippen LogP contribution in [0.15, 0.2) is 17.4 Å². The molecule has 2 heterocycles. The lowest BCUT2D eigenvalue weighted by atomic mass is 9.90. The van der Waals surface area contributed by atoms with E-state index in [9.17, 15) is 0 Å². The smallest absolute Gasteiger partial charge is 0.225 e. The van der Waals surface area contributed by atoms with Crippen molar-refractivity contribution in [2.45, 2.75) is 25.7 Å². The van der Waals surface area contributed by atoms with Crippen LogP contribution in [0, 0.1) is 17.8 Å². The average molecular weight is 293 g/mol. The van der Waals surface area contributed by atoms with Gasteiger partial charge in [0.1, 0.15) is 0 Å². The van der Waals surface area contributed by atoms with Crippen LogP contribution in [0.25, 0.3) is 0 Å². The second kappa shape index (κ2) is 6.08. The summed E-state index contributed by atoms with van der Waals surface area (Å²) in [5, 5.41) is 0.597. The molecular formula is C15H21ClN4. The summed E-state index contributed by atoms with van der Waals surface area (Å²) in [6, 6.07) is 0. The van der Waals surface area contributed by atoms with Crippen molar-refractivity contribution in [2.75, 3.05) is 24.5 Å². The van der Waals surface area contributed by atoms with Crippen LogP contribution < -0.4 is 4.90 Å². The fourth-order valence-corrected chi connectivity index (χ4v) is 3.53. The zero-order chi connectivity index (χ0) is 13.9. The second-order valence-electron chi connectivity index (χ2n) is 5.92. The van der Waals surface area contributed by atoms with Crippen molar-refractivity contribution in [3.05, 3.63) is 17.4 Å². The van der Waals surface area contributed by atoms with Gasteiger partial charge in [-0.2, -0.15) is 0 Å². The van der Waals surface area contributed by atoms with Gasteiger partial charge in [-0.15, -0.1) is 0 Å². The molecule has 1 aliphatic carbocycles. The highest BCUT2D eigenvalue weighted by Gasteiger charge is 2.42. The van der Waals surface area contributed by atoms with E-state index in [1.54, 1.807) is 12.4 Å². The maximum absolute atomic E-state index is 5.83. The predicted octanol–water partition coefficient (Wildman–Crippen LogP) is 3.07. The summed E-state index contributed by atoms with van der Waals surface area (Å²) in [6.07, 6.45) is 8.50. The van der Waals surface area contributed by atoms with E-state index in [2.05, 4.69) is 26.6 Å². The fourth-order valence-electron chi connectivity index (χ4n) is 3.43. The number of hydrogen-bond acceptors (Lipinski definition) is 4. The number of aromatic nitrogens is 2. The summed E-state index contributed by atoms with van der Waals surface area (Å²) >= 11 is 5.83. The number of piperidine rings is 1. The predicted molar refractivity (Wildman–Crippen MR) is 82.6 cm³/mol. The van der Waals surface area contributed by atoms with Crippen LogP contribution in [0.5, 0.6) is 0 Å². The molecule has 0 amide bonds. The van der Waals surface area contributed by atoms with Crippen molar-refractivity contribution in [1.29, 1.82) is 0 Å². The molecule has 20 heavy (non-hydrogen) atoms. The van der Waals surface area contributed by atoms with E-state index in [4.69, 9.17) is 11.6 Å². The molecule has 4 nitrogen and oxygen atoms in total. The molecule has 1 saturated heterocycles. The van der Waals surface area contributed by atoms with E-state index in [0.717, 1.165) is 43.3 Å². The fraction of sp³-hybridized carbons (Fsp3) is 0.667. The minimum Gasteiger partial charge on any atom is -0.341 e. The number of nitrogens with zero attached hydrogens (tertiary/aromatic N) is 4. The molecule has 0 spiro atoms. The number of hydrogen-bond donors (Lipinski definition) is 0. The molecule has 3 rings (SSSR count). The van der Waals surface area contributed by atoms with Gasteiger partial charge in [-0.05, 0) is 50.2 Å². The van der Waals surface area contributed by atoms with Gasteiger partial charge < -0.3 is 9.89 Å². The number of aliphatic imine (C=N–C) groups is 1. The van der Waals surface area contributed by atoms with Gasteiger partial charge in [-0.1, -0.05) is 11.6 Å². The third-order valence-corrected chi connectivity index (χ3v) is 4.87. The van der Waals surface area contributed by atoms with Crippen molar-refractivity contribution in [3.63, 3.8) is 0 Å². The maximum atomic E-state index is 5.83. The van der Waals surface area contributed by atoms with Gasteiger partial charge in [0.25, 0.3) is 0 Å². The molecule has 1 saturated carbocycles. The number of anilines is 1. The van der Waals surface area contributed by atoms with E-state index in [1.807, 2.05) is 0 Å². The van der Waals surface area contributed by atoms with E-state index in [0.29, 0.717) is 5.02 Å². The van der Waals surface area contributed by atoms with Gasteiger partial charge in [0, 0.05) is 19.6 Å². The summed E-state index contributed by atoms with van der Waals surface area (Å²) in [4.78, 5) is 14.9. The second-order valence-corrected chi connectivity index (χ2v) is 6.36. The molecule has 2 atom stereocenters. The van der Waals surface area contributed by atoms with Gasteiger partial charge in [0.05, 0.1) is 17.4 Å². The molecular weight excluding hydrogens is 272 g/mol. The molecule has 108 valence electrons. The molecule has 2 fully saturated rings. The van der Waals surface area contributed by atoms with Crippen LogP contribution in [0.1, 0.15) is 25.7 Å². The Bertz CT molecular complexity index is 453. The molecule has 0 N–H and O–H groups in total. The number of rotatable bonds is 5. The quantitative estimate of drug-likeness (QED) is 0.783. The third kappa shape index (κ3) is 3.11. The molecule has 0 radical (unpaired) electrons. The van der Waals surface area contributed by atoms with Crippen LogP contribution >= 0.6 is 11.6 Å². The Hall–Kier alpha value is -1.16. The largest absolute Gasteiger partial charge is 0.341 e. The van der Waals surface area contributed by atoms with Gasteiger partial charge in [-0.25, -0.2) is 9.97 Å². The Morgan fingerprint density at radius 1 is 1.30 bits per heavy atom. The number of halogens is 1. The first-order valence-corrected chi connectivity index (χ1v) is 7.80. The highest BCUT2D eigenvalue weighted by molar-refractivity contribution is 6.30. The highest BCUT2D eigenvalue weighted by atomic mass is 35.5. The molecule has 5 heteroatoms. The van der Waals surface area contributed by atoms with Gasteiger partial charge >= 0.3 is 0 Å². The molecule has 1 aromatic rings. The van der Waals surface area contributed by atoms with Crippen molar-refractivity contribution < 1.29 is 0 Å². The Morgan fingerprint density at radius 3 is 2.65 bits per heavy atom. The molecule has 0 bridgehead atoms. The van der Waals surface area contributed by atoms with E-state index < -0.39 is 0 Å². The summed E-state index contributed by atoms with van der Waals surface area (Å²) in [7, 11) is 0. The first-order chi connectivity index (χ1) is 9.78. The van der Waals surface area contributed by atoms with Crippen molar-refractivity contribution in [1.82, 2.24) is 9.97 Å². The molecule has 1 aliphatic heterocycles. The van der Waals surface area contributed by atoms with E-state index in [1.165, 1.54) is 25.7 Å². The lowest BCUT2D eigenvalue weighted by molar-refractivity contribution is 0.342. The Morgan fingerprint density at radius 2 is 2.00 bits per heavy atom. The van der Waals surface area contributed by atoms with E-state index in [-0.39, 0.29) is 0 Å². The SMILES string of the molecule is C=NCCC1CC1C1CCN(c2ncc(Cl)cn2)CC1. The van der Waals surface area contributed by atoms with Crippen LogP contribution in [0.2, 0.25) is 5.02 Å². The first kappa shape index (κ1) is 13.8. The van der Waals surface area contributed by atoms with Gasteiger partial charge in [0.2, 0.25) is 5.95 Å². The summed E-state index contributed by atoms with van der Waals surface area (Å²) in [5.74, 6) is 3.54.